The molecule has 0 unspecified atom stereocenters. The monoisotopic (exact) mass is 361 g/mol. The molecule has 0 saturated heterocycles. The second-order valence-electron chi connectivity index (χ2n) is 4.59. The van der Waals surface area contributed by atoms with Gasteiger partial charge in [0.25, 0.3) is 5.91 Å². The number of methoxy groups -OCH3 is 1. The van der Waals surface area contributed by atoms with Gasteiger partial charge in [0.1, 0.15) is 17.4 Å². The van der Waals surface area contributed by atoms with Crippen LogP contribution in [0.25, 0.3) is 0 Å². The Bertz CT molecular complexity index is 829. The third-order valence-electron chi connectivity index (χ3n) is 3.02. The first-order valence-corrected chi connectivity index (χ1v) is 7.57. The van der Waals surface area contributed by atoms with Crippen LogP contribution in [0.15, 0.2) is 54.2 Å². The highest BCUT2D eigenvalue weighted by Crippen LogP contribution is 2.26. The van der Waals surface area contributed by atoms with Crippen molar-refractivity contribution in [3.63, 3.8) is 0 Å². The fraction of sp³-hybridized carbons (Fsp3) is 0.0588. The molecule has 2 aromatic rings. The lowest BCUT2D eigenvalue weighted by atomic mass is 10.2. The Kier molecular flexibility index (Phi) is 6.07. The fourth-order valence-corrected chi connectivity index (χ4v) is 2.31. The summed E-state index contributed by atoms with van der Waals surface area (Å²) in [6.07, 6.45) is 1.28. The number of carbonyl (C=O) groups is 1. The molecule has 0 aliphatic rings. The SMILES string of the molecule is COc1ccccc1NC(=O)/C(C#N)=C\Nc1ccc(Cl)cc1Cl. The van der Waals surface area contributed by atoms with E-state index in [0.717, 1.165) is 0 Å². The van der Waals surface area contributed by atoms with Crippen LogP contribution < -0.4 is 15.4 Å². The van der Waals surface area contributed by atoms with Crippen LogP contribution in [0.1, 0.15) is 0 Å². The zero-order valence-corrected chi connectivity index (χ0v) is 14.2. The van der Waals surface area contributed by atoms with Crippen LogP contribution in [0.2, 0.25) is 10.0 Å². The Balaban J connectivity index is 2.15. The molecule has 2 rings (SSSR count). The first-order valence-electron chi connectivity index (χ1n) is 6.81. The van der Waals surface area contributed by atoms with Gasteiger partial charge in [0.05, 0.1) is 23.5 Å². The number of amides is 1. The van der Waals surface area contributed by atoms with Crippen LogP contribution in [0.4, 0.5) is 11.4 Å². The lowest BCUT2D eigenvalue weighted by molar-refractivity contribution is -0.112. The first-order chi connectivity index (χ1) is 11.5. The van der Waals surface area contributed by atoms with E-state index in [1.807, 2.05) is 6.07 Å². The minimum absolute atomic E-state index is 0.119. The van der Waals surface area contributed by atoms with Gasteiger partial charge >= 0.3 is 0 Å². The highest BCUT2D eigenvalue weighted by atomic mass is 35.5. The Morgan fingerprint density at radius 3 is 2.62 bits per heavy atom. The van der Waals surface area contributed by atoms with E-state index in [9.17, 15) is 10.1 Å². The molecule has 0 bridgehead atoms. The third kappa shape index (κ3) is 4.42. The number of nitriles is 1. The van der Waals surface area contributed by atoms with E-state index in [1.165, 1.54) is 13.3 Å². The number of para-hydroxylation sites is 2. The summed E-state index contributed by atoms with van der Waals surface area (Å²) in [5, 5.41) is 15.5. The number of rotatable bonds is 5. The van der Waals surface area contributed by atoms with Gasteiger partial charge in [0.2, 0.25) is 0 Å². The van der Waals surface area contributed by atoms with Gasteiger partial charge in [-0.05, 0) is 30.3 Å². The number of benzene rings is 2. The van der Waals surface area contributed by atoms with Crippen molar-refractivity contribution in [1.82, 2.24) is 0 Å². The summed E-state index contributed by atoms with van der Waals surface area (Å²) in [5.74, 6) is -0.0727. The van der Waals surface area contributed by atoms with Crippen molar-refractivity contribution < 1.29 is 9.53 Å². The number of nitrogens with zero attached hydrogens (tertiary/aromatic N) is 1. The van der Waals surface area contributed by atoms with E-state index in [4.69, 9.17) is 27.9 Å². The number of hydrogen-bond acceptors (Lipinski definition) is 4. The van der Waals surface area contributed by atoms with Gasteiger partial charge in [-0.3, -0.25) is 4.79 Å². The normalized spacial score (nSPS) is 10.7. The van der Waals surface area contributed by atoms with Crippen LogP contribution in [0, 0.1) is 11.3 Å². The van der Waals surface area contributed by atoms with Crippen molar-refractivity contribution in [2.24, 2.45) is 0 Å². The molecule has 0 aromatic heterocycles. The molecule has 7 heteroatoms. The molecular weight excluding hydrogens is 349 g/mol. The predicted octanol–water partition coefficient (Wildman–Crippen LogP) is 4.46. The maximum Gasteiger partial charge on any atom is 0.267 e. The molecule has 0 atom stereocenters. The van der Waals surface area contributed by atoms with Gasteiger partial charge in [0, 0.05) is 11.2 Å². The van der Waals surface area contributed by atoms with Crippen LogP contribution in [-0.4, -0.2) is 13.0 Å². The second kappa shape index (κ2) is 8.25. The molecule has 122 valence electrons. The standard InChI is InChI=1S/C17H13Cl2N3O2/c1-24-16-5-3-2-4-15(16)22-17(23)11(9-20)10-21-14-7-6-12(18)8-13(14)19/h2-8,10,21H,1H3,(H,22,23)/b11-10-. The Morgan fingerprint density at radius 2 is 1.96 bits per heavy atom. The molecule has 24 heavy (non-hydrogen) atoms. The lowest BCUT2D eigenvalue weighted by Crippen LogP contribution is -2.15. The predicted molar refractivity (Wildman–Crippen MR) is 95.4 cm³/mol. The van der Waals surface area contributed by atoms with E-state index >= 15 is 0 Å². The molecule has 0 aliphatic carbocycles. The van der Waals surface area contributed by atoms with Crippen molar-refractivity contribution in [2.75, 3.05) is 17.7 Å². The molecule has 2 N–H and O–H groups in total. The Morgan fingerprint density at radius 1 is 1.21 bits per heavy atom. The van der Waals surface area contributed by atoms with Gasteiger partial charge in [-0.1, -0.05) is 35.3 Å². The minimum Gasteiger partial charge on any atom is -0.495 e. The summed E-state index contributed by atoms with van der Waals surface area (Å²) in [6.45, 7) is 0. The van der Waals surface area contributed by atoms with Crippen LogP contribution >= 0.6 is 23.2 Å². The van der Waals surface area contributed by atoms with Crippen molar-refractivity contribution in [3.05, 3.63) is 64.3 Å². The molecule has 0 heterocycles. The van der Waals surface area contributed by atoms with Gasteiger partial charge in [0.15, 0.2) is 0 Å². The quantitative estimate of drug-likeness (QED) is 0.608. The summed E-state index contributed by atoms with van der Waals surface area (Å²) < 4.78 is 5.15. The summed E-state index contributed by atoms with van der Waals surface area (Å²) in [4.78, 5) is 12.2. The molecule has 0 spiro atoms. The van der Waals surface area contributed by atoms with E-state index in [-0.39, 0.29) is 5.57 Å². The third-order valence-corrected chi connectivity index (χ3v) is 3.57. The largest absolute Gasteiger partial charge is 0.495 e. The molecule has 0 aliphatic heterocycles. The Labute approximate surface area is 149 Å². The van der Waals surface area contributed by atoms with Crippen molar-refractivity contribution in [2.45, 2.75) is 0 Å². The highest BCUT2D eigenvalue weighted by Gasteiger charge is 2.12. The van der Waals surface area contributed by atoms with E-state index < -0.39 is 5.91 Å². The highest BCUT2D eigenvalue weighted by molar-refractivity contribution is 6.36. The Hall–Kier alpha value is -2.68. The number of carbonyl (C=O) groups excluding carboxylic acids is 1. The van der Waals surface area contributed by atoms with Crippen molar-refractivity contribution >= 4 is 40.5 Å². The number of halogens is 2. The van der Waals surface area contributed by atoms with Crippen molar-refractivity contribution in [1.29, 1.82) is 5.26 Å². The van der Waals surface area contributed by atoms with Crippen LogP contribution in [0.5, 0.6) is 5.75 Å². The van der Waals surface area contributed by atoms with E-state index in [0.29, 0.717) is 27.2 Å². The molecule has 5 nitrogen and oxygen atoms in total. The number of ether oxygens (including phenoxy) is 1. The molecule has 1 amide bonds. The van der Waals surface area contributed by atoms with E-state index in [2.05, 4.69) is 10.6 Å². The lowest BCUT2D eigenvalue weighted by Gasteiger charge is -2.09. The van der Waals surface area contributed by atoms with Gasteiger partial charge in [-0.2, -0.15) is 5.26 Å². The minimum atomic E-state index is -0.570. The molecule has 0 fully saturated rings. The summed E-state index contributed by atoms with van der Waals surface area (Å²) in [5.41, 5.74) is 0.876. The maximum atomic E-state index is 12.2. The molecule has 0 saturated carbocycles. The first kappa shape index (κ1) is 17.7. The molecule has 0 radical (unpaired) electrons. The average Bonchev–Trinajstić information content (AvgIpc) is 2.57. The molecule has 2 aromatic carbocycles. The summed E-state index contributed by atoms with van der Waals surface area (Å²) in [7, 11) is 1.50. The zero-order valence-electron chi connectivity index (χ0n) is 12.6. The van der Waals surface area contributed by atoms with Gasteiger partial charge in [-0.15, -0.1) is 0 Å². The van der Waals surface area contributed by atoms with Crippen LogP contribution in [0.3, 0.4) is 0 Å². The fourth-order valence-electron chi connectivity index (χ4n) is 1.84. The topological polar surface area (TPSA) is 74.1 Å². The van der Waals surface area contributed by atoms with Gasteiger partial charge in [-0.25, -0.2) is 0 Å². The zero-order chi connectivity index (χ0) is 17.5. The number of anilines is 2. The van der Waals surface area contributed by atoms with Gasteiger partial charge < -0.3 is 15.4 Å². The number of hydrogen-bond donors (Lipinski definition) is 2. The summed E-state index contributed by atoms with van der Waals surface area (Å²) in [6, 6.07) is 13.6. The number of nitrogens with one attached hydrogen (secondary N) is 2. The smallest absolute Gasteiger partial charge is 0.267 e. The average molecular weight is 362 g/mol. The second-order valence-corrected chi connectivity index (χ2v) is 5.44. The maximum absolute atomic E-state index is 12.2. The van der Waals surface area contributed by atoms with Crippen LogP contribution in [-0.2, 0) is 4.79 Å². The van der Waals surface area contributed by atoms with Crippen molar-refractivity contribution in [3.8, 4) is 11.8 Å². The summed E-state index contributed by atoms with van der Waals surface area (Å²) >= 11 is 11.8. The van der Waals surface area contributed by atoms with E-state index in [1.54, 1.807) is 42.5 Å². The molecular formula is C17H13Cl2N3O2.